The largest absolute Gasteiger partial charge is 0.435 e. The van der Waals surface area contributed by atoms with Crippen LogP contribution >= 0.6 is 0 Å². The molecular weight excluding hydrogens is 402 g/mol. The van der Waals surface area contributed by atoms with Crippen molar-refractivity contribution < 1.29 is 22.4 Å². The summed E-state index contributed by atoms with van der Waals surface area (Å²) in [4.78, 5) is 14.4. The maximum Gasteiger partial charge on any atom is 0.435 e. The summed E-state index contributed by atoms with van der Waals surface area (Å²) in [6.07, 6.45) is -0.0702. The molecule has 0 saturated carbocycles. The number of alkyl halides is 3. The van der Waals surface area contributed by atoms with Crippen LogP contribution in [0.1, 0.15) is 30.3 Å². The Morgan fingerprint density at radius 3 is 2.53 bits per heavy atom. The van der Waals surface area contributed by atoms with E-state index in [-0.39, 0.29) is 24.2 Å². The van der Waals surface area contributed by atoms with Gasteiger partial charge in [-0.05, 0) is 49.2 Å². The van der Waals surface area contributed by atoms with Gasteiger partial charge in [-0.3, -0.25) is 9.48 Å². The number of piperidine rings is 1. The highest BCUT2D eigenvalue weighted by molar-refractivity contribution is 5.78. The smallest absolute Gasteiger partial charge is 0.340 e. The normalized spacial score (nSPS) is 17.3. The standard InChI is InChI=1S/C20H19F4N5O/c21-14-3-5-16(6-4-14)28-10-7-15(25-28)12-19(30)27-9-1-2-17(13-27)29-11-8-18(26-29)20(22,23)24/h3-8,10-11,17H,1-2,9,12-13H2. The van der Waals surface area contributed by atoms with E-state index in [1.807, 2.05) is 0 Å². The third kappa shape index (κ3) is 4.37. The van der Waals surface area contributed by atoms with E-state index < -0.39 is 11.9 Å². The van der Waals surface area contributed by atoms with Gasteiger partial charge in [0, 0.05) is 25.5 Å². The summed E-state index contributed by atoms with van der Waals surface area (Å²) < 4.78 is 54.3. The van der Waals surface area contributed by atoms with Gasteiger partial charge in [0.15, 0.2) is 5.69 Å². The van der Waals surface area contributed by atoms with E-state index in [4.69, 9.17) is 0 Å². The Hall–Kier alpha value is -3.17. The van der Waals surface area contributed by atoms with Crippen LogP contribution in [-0.4, -0.2) is 43.5 Å². The van der Waals surface area contributed by atoms with Crippen LogP contribution in [0.4, 0.5) is 17.6 Å². The number of nitrogens with zero attached hydrogens (tertiary/aromatic N) is 5. The van der Waals surface area contributed by atoms with Crippen molar-refractivity contribution >= 4 is 5.91 Å². The molecule has 1 aliphatic rings. The van der Waals surface area contributed by atoms with Gasteiger partial charge in [-0.1, -0.05) is 0 Å². The van der Waals surface area contributed by atoms with Crippen LogP contribution in [0, 0.1) is 5.82 Å². The predicted molar refractivity (Wildman–Crippen MR) is 99.3 cm³/mol. The van der Waals surface area contributed by atoms with Gasteiger partial charge in [-0.2, -0.15) is 23.4 Å². The Balaban J connectivity index is 1.40. The van der Waals surface area contributed by atoms with Gasteiger partial charge in [0.25, 0.3) is 0 Å². The fraction of sp³-hybridized carbons (Fsp3) is 0.350. The van der Waals surface area contributed by atoms with E-state index in [1.165, 1.54) is 23.0 Å². The molecule has 2 aromatic heterocycles. The molecule has 30 heavy (non-hydrogen) atoms. The Kier molecular flexibility index (Phi) is 5.31. The first kappa shape index (κ1) is 20.1. The van der Waals surface area contributed by atoms with Crippen LogP contribution in [0.15, 0.2) is 48.8 Å². The molecule has 0 radical (unpaired) electrons. The highest BCUT2D eigenvalue weighted by Gasteiger charge is 2.35. The number of halogens is 4. The molecule has 158 valence electrons. The molecule has 1 saturated heterocycles. The molecular formula is C20H19F4N5O. The molecule has 3 heterocycles. The van der Waals surface area contributed by atoms with E-state index >= 15 is 0 Å². The highest BCUT2D eigenvalue weighted by atomic mass is 19.4. The maximum atomic E-state index is 13.1. The number of carbonyl (C=O) groups excluding carboxylic acids is 1. The molecule has 1 amide bonds. The molecule has 0 bridgehead atoms. The second kappa shape index (κ2) is 7.92. The lowest BCUT2D eigenvalue weighted by Gasteiger charge is -2.32. The van der Waals surface area contributed by atoms with Gasteiger partial charge >= 0.3 is 6.18 Å². The Labute approximate surface area is 169 Å². The second-order valence-corrected chi connectivity index (χ2v) is 7.22. The zero-order valence-electron chi connectivity index (χ0n) is 15.9. The number of hydrogen-bond donors (Lipinski definition) is 0. The summed E-state index contributed by atoms with van der Waals surface area (Å²) in [6, 6.07) is 8.19. The fourth-order valence-corrected chi connectivity index (χ4v) is 3.55. The Morgan fingerprint density at radius 1 is 1.07 bits per heavy atom. The molecule has 0 spiro atoms. The van der Waals surface area contributed by atoms with Crippen LogP contribution in [0.2, 0.25) is 0 Å². The summed E-state index contributed by atoms with van der Waals surface area (Å²) >= 11 is 0. The SMILES string of the molecule is O=C(Cc1ccn(-c2ccc(F)cc2)n1)N1CCCC(n2ccc(C(F)(F)F)n2)C1. The summed E-state index contributed by atoms with van der Waals surface area (Å²) in [5, 5.41) is 7.99. The van der Waals surface area contributed by atoms with Crippen molar-refractivity contribution in [3.05, 3.63) is 66.0 Å². The molecule has 1 atom stereocenters. The number of benzene rings is 1. The third-order valence-corrected chi connectivity index (χ3v) is 5.09. The van der Waals surface area contributed by atoms with Gasteiger partial charge < -0.3 is 4.90 Å². The number of hydrogen-bond acceptors (Lipinski definition) is 3. The van der Waals surface area contributed by atoms with Crippen LogP contribution in [-0.2, 0) is 17.4 Å². The predicted octanol–water partition coefficient (Wildman–Crippen LogP) is 3.63. The van der Waals surface area contributed by atoms with Crippen LogP contribution in [0.25, 0.3) is 5.69 Å². The topological polar surface area (TPSA) is 56.0 Å². The van der Waals surface area contributed by atoms with Crippen molar-refractivity contribution in [1.82, 2.24) is 24.5 Å². The number of carbonyl (C=O) groups is 1. The van der Waals surface area contributed by atoms with Gasteiger partial charge in [0.2, 0.25) is 5.91 Å². The van der Waals surface area contributed by atoms with Crippen LogP contribution in [0.3, 0.4) is 0 Å². The third-order valence-electron chi connectivity index (χ3n) is 5.09. The lowest BCUT2D eigenvalue weighted by Crippen LogP contribution is -2.41. The van der Waals surface area contributed by atoms with Crippen molar-refractivity contribution in [3.63, 3.8) is 0 Å². The second-order valence-electron chi connectivity index (χ2n) is 7.22. The van der Waals surface area contributed by atoms with E-state index in [1.54, 1.807) is 34.0 Å². The van der Waals surface area contributed by atoms with Crippen molar-refractivity contribution in [2.75, 3.05) is 13.1 Å². The highest BCUT2D eigenvalue weighted by Crippen LogP contribution is 2.29. The first-order valence-corrected chi connectivity index (χ1v) is 9.50. The van der Waals surface area contributed by atoms with Crippen LogP contribution < -0.4 is 0 Å². The molecule has 1 aliphatic heterocycles. The van der Waals surface area contributed by atoms with Crippen molar-refractivity contribution in [2.45, 2.75) is 31.5 Å². The molecule has 6 nitrogen and oxygen atoms in total. The average molecular weight is 421 g/mol. The molecule has 1 fully saturated rings. The van der Waals surface area contributed by atoms with E-state index in [0.717, 1.165) is 6.07 Å². The molecule has 10 heteroatoms. The summed E-state index contributed by atoms with van der Waals surface area (Å²) in [6.45, 7) is 0.845. The van der Waals surface area contributed by atoms with Crippen LogP contribution in [0.5, 0.6) is 0 Å². The Morgan fingerprint density at radius 2 is 1.83 bits per heavy atom. The van der Waals surface area contributed by atoms with E-state index in [9.17, 15) is 22.4 Å². The maximum absolute atomic E-state index is 13.1. The zero-order chi connectivity index (χ0) is 21.3. The molecule has 1 aromatic carbocycles. The van der Waals surface area contributed by atoms with Gasteiger partial charge in [-0.15, -0.1) is 0 Å². The van der Waals surface area contributed by atoms with Crippen molar-refractivity contribution in [1.29, 1.82) is 0 Å². The minimum atomic E-state index is -4.49. The van der Waals surface area contributed by atoms with E-state index in [2.05, 4.69) is 10.2 Å². The molecule has 1 unspecified atom stereocenters. The minimum Gasteiger partial charge on any atom is -0.340 e. The lowest BCUT2D eigenvalue weighted by atomic mass is 10.1. The molecule has 0 N–H and O–H groups in total. The van der Waals surface area contributed by atoms with E-state index in [0.29, 0.717) is 37.3 Å². The monoisotopic (exact) mass is 421 g/mol. The lowest BCUT2D eigenvalue weighted by molar-refractivity contribution is -0.142. The fourth-order valence-electron chi connectivity index (χ4n) is 3.55. The molecule has 0 aliphatic carbocycles. The van der Waals surface area contributed by atoms with Gasteiger partial charge in [0.1, 0.15) is 5.82 Å². The summed E-state index contributed by atoms with van der Waals surface area (Å²) in [5.41, 5.74) is 0.300. The number of rotatable bonds is 4. The minimum absolute atomic E-state index is 0.0772. The first-order valence-electron chi connectivity index (χ1n) is 9.50. The first-order chi connectivity index (χ1) is 14.3. The van der Waals surface area contributed by atoms with Gasteiger partial charge in [-0.25, -0.2) is 9.07 Å². The number of amides is 1. The van der Waals surface area contributed by atoms with Crippen molar-refractivity contribution in [3.8, 4) is 5.69 Å². The van der Waals surface area contributed by atoms with Gasteiger partial charge in [0.05, 0.1) is 23.8 Å². The number of likely N-dealkylation sites (tertiary alicyclic amines) is 1. The Bertz CT molecular complexity index is 1020. The zero-order valence-corrected chi connectivity index (χ0v) is 15.9. The average Bonchev–Trinajstić information content (AvgIpc) is 3.38. The molecule has 4 rings (SSSR count). The molecule has 3 aromatic rings. The summed E-state index contributed by atoms with van der Waals surface area (Å²) in [5.74, 6) is -0.493. The van der Waals surface area contributed by atoms with Crippen molar-refractivity contribution in [2.24, 2.45) is 0 Å². The number of aromatic nitrogens is 4. The summed E-state index contributed by atoms with van der Waals surface area (Å²) in [7, 11) is 0. The quantitative estimate of drug-likeness (QED) is 0.605.